The van der Waals surface area contributed by atoms with E-state index in [1.54, 1.807) is 54.7 Å². The summed E-state index contributed by atoms with van der Waals surface area (Å²) in [6.07, 6.45) is 4.80. The van der Waals surface area contributed by atoms with Crippen LogP contribution in [0.25, 0.3) is 0 Å². The van der Waals surface area contributed by atoms with Gasteiger partial charge in [0.1, 0.15) is 11.8 Å². The number of hydrogen-bond donors (Lipinski definition) is 1. The summed E-state index contributed by atoms with van der Waals surface area (Å²) in [5.74, 6) is 0.234. The molecule has 0 bridgehead atoms. The number of piperidine rings is 1. The van der Waals surface area contributed by atoms with Gasteiger partial charge in [0.2, 0.25) is 5.91 Å². The van der Waals surface area contributed by atoms with Crippen LogP contribution in [0.15, 0.2) is 48.8 Å². The summed E-state index contributed by atoms with van der Waals surface area (Å²) >= 11 is 0. The minimum Gasteiger partial charge on any atom is -0.497 e. The molecule has 1 aromatic carbocycles. The number of pyridine rings is 1. The summed E-state index contributed by atoms with van der Waals surface area (Å²) in [7, 11) is 1.56. The highest BCUT2D eigenvalue weighted by Crippen LogP contribution is 2.26. The minimum atomic E-state index is -0.503. The zero-order valence-corrected chi connectivity index (χ0v) is 16.8. The maximum Gasteiger partial charge on any atom is 0.327 e. The molecule has 0 saturated carbocycles. The molecule has 8 heteroatoms. The van der Waals surface area contributed by atoms with Crippen molar-refractivity contribution in [1.29, 1.82) is 0 Å². The monoisotopic (exact) mass is 408 g/mol. The average Bonchev–Trinajstić information content (AvgIpc) is 2.80. The molecule has 2 atom stereocenters. The number of carbonyl (C=O) groups excluding carboxylic acids is 3. The predicted octanol–water partition coefficient (Wildman–Crippen LogP) is 1.86. The maximum absolute atomic E-state index is 13.3. The van der Waals surface area contributed by atoms with Crippen molar-refractivity contribution >= 4 is 17.7 Å². The first-order chi connectivity index (χ1) is 14.6. The third-order valence-electron chi connectivity index (χ3n) is 5.62. The number of ketones is 1. The molecule has 3 heterocycles. The second-order valence-electron chi connectivity index (χ2n) is 7.49. The van der Waals surface area contributed by atoms with Gasteiger partial charge >= 0.3 is 6.03 Å². The molecule has 2 fully saturated rings. The number of Topliss-reactive ketones (excluding diaryl/α,β-unsaturated/α-hetero) is 1. The van der Waals surface area contributed by atoms with E-state index in [4.69, 9.17) is 4.74 Å². The van der Waals surface area contributed by atoms with Crippen LogP contribution >= 0.6 is 0 Å². The van der Waals surface area contributed by atoms with E-state index >= 15 is 0 Å². The molecule has 2 saturated heterocycles. The molecule has 2 aliphatic heterocycles. The number of aromatic nitrogens is 1. The van der Waals surface area contributed by atoms with Crippen molar-refractivity contribution < 1.29 is 19.1 Å². The van der Waals surface area contributed by atoms with Gasteiger partial charge in [-0.05, 0) is 55.3 Å². The highest BCUT2D eigenvalue weighted by atomic mass is 16.5. The zero-order valence-electron chi connectivity index (χ0n) is 16.8. The van der Waals surface area contributed by atoms with Crippen LogP contribution < -0.4 is 10.1 Å². The number of nitrogens with one attached hydrogen (secondary N) is 1. The van der Waals surface area contributed by atoms with Crippen LogP contribution in [0.4, 0.5) is 4.79 Å². The van der Waals surface area contributed by atoms with E-state index in [2.05, 4.69) is 10.3 Å². The Morgan fingerprint density at radius 1 is 1.23 bits per heavy atom. The van der Waals surface area contributed by atoms with Crippen LogP contribution in [0, 0.1) is 0 Å². The van der Waals surface area contributed by atoms with Gasteiger partial charge in [0, 0.05) is 18.0 Å². The average molecular weight is 408 g/mol. The molecule has 0 aliphatic carbocycles. The van der Waals surface area contributed by atoms with Gasteiger partial charge in [-0.2, -0.15) is 0 Å². The minimum absolute atomic E-state index is 0.0785. The first kappa shape index (κ1) is 20.0. The smallest absolute Gasteiger partial charge is 0.327 e. The van der Waals surface area contributed by atoms with E-state index in [1.165, 1.54) is 4.90 Å². The number of carbonyl (C=O) groups is 3. The molecule has 2 unspecified atom stereocenters. The molecular formula is C22H24N4O4. The number of rotatable bonds is 6. The number of methoxy groups -OCH3 is 1. The van der Waals surface area contributed by atoms with Gasteiger partial charge in [-0.3, -0.25) is 19.5 Å². The molecule has 1 N–H and O–H groups in total. The molecule has 8 nitrogen and oxygen atoms in total. The number of nitrogens with zero attached hydrogens (tertiary/aromatic N) is 3. The largest absolute Gasteiger partial charge is 0.497 e. The Bertz CT molecular complexity index is 932. The van der Waals surface area contributed by atoms with Gasteiger partial charge in [-0.25, -0.2) is 4.79 Å². The molecular weight excluding hydrogens is 384 g/mol. The SMILES string of the molecule is COc1ccc(C(=O)CN2C(=O)N(Cc3cccnc3)C(=O)C3NCCCC32)cc1. The second-order valence-corrected chi connectivity index (χ2v) is 7.49. The number of benzene rings is 1. The Labute approximate surface area is 174 Å². The Kier molecular flexibility index (Phi) is 5.76. The number of hydrogen-bond acceptors (Lipinski definition) is 6. The van der Waals surface area contributed by atoms with Crippen LogP contribution in [0.2, 0.25) is 0 Å². The van der Waals surface area contributed by atoms with E-state index in [0.29, 0.717) is 24.3 Å². The lowest BCUT2D eigenvalue weighted by Gasteiger charge is -2.46. The first-order valence-electron chi connectivity index (χ1n) is 10.00. The molecule has 0 radical (unpaired) electrons. The van der Waals surface area contributed by atoms with E-state index in [0.717, 1.165) is 12.0 Å². The number of imide groups is 1. The lowest BCUT2D eigenvalue weighted by molar-refractivity contribution is -0.137. The van der Waals surface area contributed by atoms with Crippen molar-refractivity contribution in [2.75, 3.05) is 20.2 Å². The van der Waals surface area contributed by atoms with E-state index < -0.39 is 12.1 Å². The van der Waals surface area contributed by atoms with Crippen molar-refractivity contribution in [2.45, 2.75) is 31.5 Å². The number of urea groups is 1. The van der Waals surface area contributed by atoms with Crippen molar-refractivity contribution in [2.24, 2.45) is 0 Å². The number of ether oxygens (including phenoxy) is 1. The van der Waals surface area contributed by atoms with Gasteiger partial charge in [0.15, 0.2) is 5.78 Å². The molecule has 1 aromatic heterocycles. The lowest BCUT2D eigenvalue weighted by atomic mass is 9.92. The summed E-state index contributed by atoms with van der Waals surface area (Å²) in [4.78, 5) is 46.0. The van der Waals surface area contributed by atoms with Crippen LogP contribution in [0.3, 0.4) is 0 Å². The fraction of sp³-hybridized carbons (Fsp3) is 0.364. The summed E-state index contributed by atoms with van der Waals surface area (Å²) in [5.41, 5.74) is 1.26. The van der Waals surface area contributed by atoms with Crippen LogP contribution in [0.5, 0.6) is 5.75 Å². The third kappa shape index (κ3) is 3.91. The van der Waals surface area contributed by atoms with Crippen molar-refractivity contribution in [3.8, 4) is 5.75 Å². The van der Waals surface area contributed by atoms with Crippen molar-refractivity contribution in [3.05, 3.63) is 59.9 Å². The predicted molar refractivity (Wildman–Crippen MR) is 109 cm³/mol. The third-order valence-corrected chi connectivity index (χ3v) is 5.62. The van der Waals surface area contributed by atoms with Gasteiger partial charge in [-0.1, -0.05) is 6.07 Å². The molecule has 3 amide bonds. The summed E-state index contributed by atoms with van der Waals surface area (Å²) in [6, 6.07) is 9.12. The first-order valence-corrected chi connectivity index (χ1v) is 10.00. The standard InChI is InChI=1S/C22H24N4O4/c1-30-17-8-6-16(7-9-17)19(27)14-25-18-5-3-11-24-20(18)21(28)26(22(25)29)13-15-4-2-10-23-12-15/h2,4,6-10,12,18,20,24H,3,5,11,13-14H2,1H3. The molecule has 2 aliphatic rings. The Hall–Kier alpha value is -3.26. The summed E-state index contributed by atoms with van der Waals surface area (Å²) in [6.45, 7) is 0.760. The maximum atomic E-state index is 13.3. The van der Waals surface area contributed by atoms with Gasteiger partial charge in [0.05, 0.1) is 26.2 Å². The summed E-state index contributed by atoms with van der Waals surface area (Å²) in [5, 5.41) is 3.24. The molecule has 0 spiro atoms. The van der Waals surface area contributed by atoms with Gasteiger partial charge in [0.25, 0.3) is 0 Å². The molecule has 4 rings (SSSR count). The Morgan fingerprint density at radius 2 is 2.03 bits per heavy atom. The topological polar surface area (TPSA) is 91.8 Å². The van der Waals surface area contributed by atoms with E-state index in [1.807, 2.05) is 6.07 Å². The fourth-order valence-corrected chi connectivity index (χ4v) is 4.05. The molecule has 30 heavy (non-hydrogen) atoms. The highest BCUT2D eigenvalue weighted by molar-refractivity contribution is 6.04. The van der Waals surface area contributed by atoms with Crippen LogP contribution in [-0.2, 0) is 11.3 Å². The van der Waals surface area contributed by atoms with Crippen LogP contribution in [-0.4, -0.2) is 64.8 Å². The summed E-state index contributed by atoms with van der Waals surface area (Å²) < 4.78 is 5.14. The van der Waals surface area contributed by atoms with Gasteiger partial charge in [-0.15, -0.1) is 0 Å². The Balaban J connectivity index is 1.58. The number of amides is 3. The number of fused-ring (bicyclic) bond motifs is 1. The molecule has 2 aromatic rings. The van der Waals surface area contributed by atoms with Gasteiger partial charge < -0.3 is 15.0 Å². The molecule has 156 valence electrons. The van der Waals surface area contributed by atoms with Crippen molar-refractivity contribution in [1.82, 2.24) is 20.1 Å². The quantitative estimate of drug-likeness (QED) is 0.734. The normalized spacial score (nSPS) is 21.4. The van der Waals surface area contributed by atoms with Crippen molar-refractivity contribution in [3.63, 3.8) is 0 Å². The Morgan fingerprint density at radius 3 is 2.73 bits per heavy atom. The van der Waals surface area contributed by atoms with E-state index in [-0.39, 0.29) is 30.8 Å². The fourth-order valence-electron chi connectivity index (χ4n) is 4.05. The lowest BCUT2D eigenvalue weighted by Crippen LogP contribution is -2.69. The zero-order chi connectivity index (χ0) is 21.1. The highest BCUT2D eigenvalue weighted by Gasteiger charge is 2.47. The van der Waals surface area contributed by atoms with E-state index in [9.17, 15) is 14.4 Å². The van der Waals surface area contributed by atoms with Crippen LogP contribution in [0.1, 0.15) is 28.8 Å². The second kappa shape index (κ2) is 8.62.